The number of anilines is 1. The van der Waals surface area contributed by atoms with Crippen LogP contribution in [0, 0.1) is 6.92 Å². The molecule has 0 aliphatic carbocycles. The smallest absolute Gasteiger partial charge is 0.305 e. The molecule has 0 atom stereocenters. The Morgan fingerprint density at radius 2 is 2.11 bits per heavy atom. The van der Waals surface area contributed by atoms with Gasteiger partial charge in [0.15, 0.2) is 0 Å². The molecule has 0 radical (unpaired) electrons. The molecule has 0 saturated carbocycles. The second kappa shape index (κ2) is 7.41. The first kappa shape index (κ1) is 15.0. The molecule has 1 rings (SSSR count). The van der Waals surface area contributed by atoms with Gasteiger partial charge in [-0.25, -0.2) is 0 Å². The molecule has 0 saturated heterocycles. The van der Waals surface area contributed by atoms with Gasteiger partial charge in [-0.05, 0) is 44.0 Å². The topological polar surface area (TPSA) is 81.4 Å². The number of carbonyl (C=O) groups is 2. The molecule has 0 fully saturated rings. The Hall–Kier alpha value is -2.04. The third-order valence-electron chi connectivity index (χ3n) is 2.68. The normalized spacial score (nSPS) is 10.0. The van der Waals surface area contributed by atoms with E-state index in [2.05, 4.69) is 5.32 Å². The minimum atomic E-state index is -0.425. The Morgan fingerprint density at radius 3 is 2.68 bits per heavy atom. The molecule has 0 aliphatic heterocycles. The van der Waals surface area contributed by atoms with Crippen LogP contribution in [0.15, 0.2) is 18.2 Å². The molecule has 1 aromatic rings. The summed E-state index contributed by atoms with van der Waals surface area (Å²) >= 11 is 0. The van der Waals surface area contributed by atoms with Crippen LogP contribution in [0.1, 0.15) is 35.7 Å². The van der Waals surface area contributed by atoms with Crippen LogP contribution < -0.4 is 11.1 Å². The van der Waals surface area contributed by atoms with Crippen molar-refractivity contribution >= 4 is 17.6 Å². The lowest BCUT2D eigenvalue weighted by Gasteiger charge is -2.09. The number of esters is 1. The lowest BCUT2D eigenvalue weighted by Crippen LogP contribution is -2.13. The predicted molar refractivity (Wildman–Crippen MR) is 74.1 cm³/mol. The maximum Gasteiger partial charge on any atom is 0.305 e. The average molecular weight is 264 g/mol. The number of aryl methyl sites for hydroxylation is 1. The zero-order chi connectivity index (χ0) is 14.3. The maximum atomic E-state index is 11.1. The molecule has 0 bridgehead atoms. The van der Waals surface area contributed by atoms with Crippen molar-refractivity contribution < 1.29 is 14.3 Å². The number of amides is 1. The zero-order valence-corrected chi connectivity index (χ0v) is 11.4. The molecule has 1 aromatic carbocycles. The summed E-state index contributed by atoms with van der Waals surface area (Å²) in [6.07, 6.45) is 1.11. The van der Waals surface area contributed by atoms with Crippen molar-refractivity contribution in [3.63, 3.8) is 0 Å². The second-order valence-electron chi connectivity index (χ2n) is 4.23. The Bertz CT molecular complexity index is 458. The average Bonchev–Trinajstić information content (AvgIpc) is 2.34. The number of primary amides is 1. The van der Waals surface area contributed by atoms with Gasteiger partial charge < -0.3 is 15.8 Å². The Balaban J connectivity index is 2.40. The highest BCUT2D eigenvalue weighted by atomic mass is 16.5. The number of nitrogens with one attached hydrogen (secondary N) is 1. The van der Waals surface area contributed by atoms with Crippen LogP contribution in [-0.2, 0) is 9.53 Å². The molecule has 0 spiro atoms. The van der Waals surface area contributed by atoms with Gasteiger partial charge in [0.05, 0.1) is 6.61 Å². The highest BCUT2D eigenvalue weighted by molar-refractivity contribution is 5.94. The van der Waals surface area contributed by atoms with E-state index in [-0.39, 0.29) is 5.97 Å². The lowest BCUT2D eigenvalue weighted by atomic mass is 10.1. The minimum Gasteiger partial charge on any atom is -0.466 e. The maximum absolute atomic E-state index is 11.1. The van der Waals surface area contributed by atoms with E-state index in [1.165, 1.54) is 0 Å². The highest BCUT2D eigenvalue weighted by Gasteiger charge is 2.05. The van der Waals surface area contributed by atoms with Crippen LogP contribution in [0.25, 0.3) is 0 Å². The van der Waals surface area contributed by atoms with Crippen LogP contribution in [0.3, 0.4) is 0 Å². The summed E-state index contributed by atoms with van der Waals surface area (Å²) in [6.45, 7) is 4.72. The third-order valence-corrected chi connectivity index (χ3v) is 2.68. The van der Waals surface area contributed by atoms with E-state index in [1.54, 1.807) is 19.1 Å². The number of hydrogen-bond acceptors (Lipinski definition) is 4. The third kappa shape index (κ3) is 4.99. The number of benzene rings is 1. The van der Waals surface area contributed by atoms with Crippen LogP contribution >= 0.6 is 0 Å². The quantitative estimate of drug-likeness (QED) is 0.581. The van der Waals surface area contributed by atoms with E-state index in [9.17, 15) is 9.59 Å². The lowest BCUT2D eigenvalue weighted by molar-refractivity contribution is -0.143. The van der Waals surface area contributed by atoms with E-state index in [0.29, 0.717) is 31.6 Å². The molecule has 0 heterocycles. The van der Waals surface area contributed by atoms with E-state index in [0.717, 1.165) is 11.3 Å². The van der Waals surface area contributed by atoms with E-state index >= 15 is 0 Å². The SMILES string of the molecule is CCOC(=O)CCCNc1ccc(C(N)=O)c(C)c1. The fraction of sp³-hybridized carbons (Fsp3) is 0.429. The van der Waals surface area contributed by atoms with Crippen molar-refractivity contribution in [1.29, 1.82) is 0 Å². The monoisotopic (exact) mass is 264 g/mol. The van der Waals surface area contributed by atoms with Gasteiger partial charge >= 0.3 is 5.97 Å². The molecule has 19 heavy (non-hydrogen) atoms. The standard InChI is InChI=1S/C14H20N2O3/c1-3-19-13(17)5-4-8-16-11-6-7-12(14(15)18)10(2)9-11/h6-7,9,16H,3-5,8H2,1-2H3,(H2,15,18). The van der Waals surface area contributed by atoms with Gasteiger partial charge in [-0.1, -0.05) is 0 Å². The summed E-state index contributed by atoms with van der Waals surface area (Å²) in [6, 6.07) is 5.37. The van der Waals surface area contributed by atoms with Gasteiger partial charge in [0.25, 0.3) is 0 Å². The Kier molecular flexibility index (Phi) is 5.85. The largest absolute Gasteiger partial charge is 0.466 e. The molecule has 0 aliphatic rings. The van der Waals surface area contributed by atoms with Gasteiger partial charge in [-0.15, -0.1) is 0 Å². The summed E-state index contributed by atoms with van der Waals surface area (Å²) in [4.78, 5) is 22.2. The van der Waals surface area contributed by atoms with Crippen LogP contribution in [0.2, 0.25) is 0 Å². The van der Waals surface area contributed by atoms with E-state index in [1.807, 2.05) is 13.0 Å². The summed E-state index contributed by atoms with van der Waals surface area (Å²) in [7, 11) is 0. The van der Waals surface area contributed by atoms with Gasteiger partial charge in [0.2, 0.25) is 5.91 Å². The number of carbonyl (C=O) groups excluding carboxylic acids is 2. The van der Waals surface area contributed by atoms with Crippen molar-refractivity contribution in [3.05, 3.63) is 29.3 Å². The van der Waals surface area contributed by atoms with Crippen molar-refractivity contribution in [2.45, 2.75) is 26.7 Å². The molecule has 3 N–H and O–H groups in total. The molecular weight excluding hydrogens is 244 g/mol. The van der Waals surface area contributed by atoms with Gasteiger partial charge in [-0.2, -0.15) is 0 Å². The van der Waals surface area contributed by atoms with E-state index in [4.69, 9.17) is 10.5 Å². The molecular formula is C14H20N2O3. The van der Waals surface area contributed by atoms with Gasteiger partial charge in [-0.3, -0.25) is 9.59 Å². The fourth-order valence-corrected chi connectivity index (χ4v) is 1.75. The first-order valence-corrected chi connectivity index (χ1v) is 6.34. The Labute approximate surface area is 113 Å². The highest BCUT2D eigenvalue weighted by Crippen LogP contribution is 2.14. The molecule has 1 amide bonds. The van der Waals surface area contributed by atoms with E-state index < -0.39 is 5.91 Å². The fourth-order valence-electron chi connectivity index (χ4n) is 1.75. The van der Waals surface area contributed by atoms with Crippen LogP contribution in [-0.4, -0.2) is 25.0 Å². The number of rotatable bonds is 7. The predicted octanol–water partition coefficient (Wildman–Crippen LogP) is 1.85. The summed E-state index contributed by atoms with van der Waals surface area (Å²) in [5, 5.41) is 3.19. The summed E-state index contributed by atoms with van der Waals surface area (Å²) in [5.41, 5.74) is 7.51. The van der Waals surface area contributed by atoms with Gasteiger partial charge in [0.1, 0.15) is 0 Å². The van der Waals surface area contributed by atoms with Gasteiger partial charge in [0, 0.05) is 24.2 Å². The minimum absolute atomic E-state index is 0.176. The first-order chi connectivity index (χ1) is 9.04. The zero-order valence-electron chi connectivity index (χ0n) is 11.4. The molecule has 104 valence electrons. The number of nitrogens with two attached hydrogens (primary N) is 1. The summed E-state index contributed by atoms with van der Waals surface area (Å²) in [5.74, 6) is -0.601. The molecule has 0 unspecified atom stereocenters. The van der Waals surface area contributed by atoms with Crippen molar-refractivity contribution in [2.24, 2.45) is 5.73 Å². The van der Waals surface area contributed by atoms with Crippen molar-refractivity contribution in [3.8, 4) is 0 Å². The second-order valence-corrected chi connectivity index (χ2v) is 4.23. The molecule has 0 aromatic heterocycles. The van der Waals surface area contributed by atoms with Crippen LogP contribution in [0.4, 0.5) is 5.69 Å². The Morgan fingerprint density at radius 1 is 1.37 bits per heavy atom. The first-order valence-electron chi connectivity index (χ1n) is 6.34. The molecule has 5 nitrogen and oxygen atoms in total. The van der Waals surface area contributed by atoms with Crippen LogP contribution in [0.5, 0.6) is 0 Å². The summed E-state index contributed by atoms with van der Waals surface area (Å²) < 4.78 is 4.84. The van der Waals surface area contributed by atoms with Crippen molar-refractivity contribution in [1.82, 2.24) is 0 Å². The number of ether oxygens (including phenoxy) is 1. The van der Waals surface area contributed by atoms with Crippen molar-refractivity contribution in [2.75, 3.05) is 18.5 Å². The molecule has 5 heteroatoms. The number of hydrogen-bond donors (Lipinski definition) is 2.